The lowest BCUT2D eigenvalue weighted by Gasteiger charge is -2.26. The third kappa shape index (κ3) is 9.16. The minimum absolute atomic E-state index is 0.0453. The van der Waals surface area contributed by atoms with E-state index in [-0.39, 0.29) is 47.4 Å². The fraction of sp³-hybridized carbons (Fsp3) is 0.480. The lowest BCUT2D eigenvalue weighted by Crippen LogP contribution is -2.37. The highest BCUT2D eigenvalue weighted by Gasteiger charge is 2.27. The topological polar surface area (TPSA) is 155 Å². The molecule has 0 saturated carbocycles. The molecule has 1 aromatic rings. The number of carbonyl (C=O) groups excluding carboxylic acids is 2. The second-order valence-electron chi connectivity index (χ2n) is 8.85. The summed E-state index contributed by atoms with van der Waals surface area (Å²) >= 11 is 6.38. The maximum atomic E-state index is 13.1. The Morgan fingerprint density at radius 2 is 1.84 bits per heavy atom. The van der Waals surface area contributed by atoms with E-state index in [1.165, 1.54) is 0 Å². The van der Waals surface area contributed by atoms with E-state index in [2.05, 4.69) is 5.16 Å². The molecule has 1 amide bonds. The lowest BCUT2D eigenvalue weighted by atomic mass is 9.99. The van der Waals surface area contributed by atoms with Crippen LogP contribution in [0.3, 0.4) is 0 Å². The van der Waals surface area contributed by atoms with Gasteiger partial charge >= 0.3 is 13.6 Å². The summed E-state index contributed by atoms with van der Waals surface area (Å²) in [5, 5.41) is 14.3. The van der Waals surface area contributed by atoms with Gasteiger partial charge in [0.05, 0.1) is 17.3 Å². The standard InChI is InChI=1S/C25H32ClN2O9P/c26-24-19-14-18(27-37-16-22(30)28-11-7-5-8-12-28)10-6-3-1-2-4-9-13-35-25(31)23(19)21(15-20(24)29)36-17-38(32,33)34/h2,4,6,10,15,29H,1,3,5,7-9,11-14,16-17H2,(H2,32,33,34). The maximum Gasteiger partial charge on any atom is 0.362 e. The largest absolute Gasteiger partial charge is 0.506 e. The molecule has 1 saturated heterocycles. The van der Waals surface area contributed by atoms with Crippen molar-refractivity contribution >= 4 is 36.8 Å². The number of oxime groups is 1. The normalized spacial score (nSPS) is 18.4. The summed E-state index contributed by atoms with van der Waals surface area (Å²) in [6.07, 6.45) is 11.0. The zero-order valence-corrected chi connectivity index (χ0v) is 22.5. The van der Waals surface area contributed by atoms with Gasteiger partial charge in [-0.15, -0.1) is 0 Å². The molecule has 3 rings (SSSR count). The molecule has 2 aliphatic rings. The van der Waals surface area contributed by atoms with Crippen LogP contribution >= 0.6 is 19.2 Å². The SMILES string of the molecule is O=C1OCCC=CCCC=CC(=NOCC(=O)N2CCCCC2)Cc2c(Cl)c(O)cc(OCP(=O)(O)O)c21. The summed E-state index contributed by atoms with van der Waals surface area (Å²) in [7, 11) is -4.61. The number of phenols is 1. The number of fused-ring (bicyclic) bond motifs is 1. The fourth-order valence-electron chi connectivity index (χ4n) is 3.98. The highest BCUT2D eigenvalue weighted by atomic mass is 35.5. The van der Waals surface area contributed by atoms with Gasteiger partial charge in [0.1, 0.15) is 17.1 Å². The van der Waals surface area contributed by atoms with Gasteiger partial charge in [0, 0.05) is 25.6 Å². The second kappa shape index (κ2) is 14.3. The van der Waals surface area contributed by atoms with Gasteiger partial charge in [0.25, 0.3) is 5.91 Å². The number of phenolic OH excluding ortho intramolecular Hbond substituents is 1. The van der Waals surface area contributed by atoms with Crippen LogP contribution in [-0.4, -0.2) is 70.0 Å². The number of hydrogen-bond donors (Lipinski definition) is 3. The summed E-state index contributed by atoms with van der Waals surface area (Å²) in [5.41, 5.74) is 0.159. The Labute approximate surface area is 225 Å². The number of likely N-dealkylation sites (tertiary alicyclic amines) is 1. The van der Waals surface area contributed by atoms with Gasteiger partial charge in [0.2, 0.25) is 0 Å². The summed E-state index contributed by atoms with van der Waals surface area (Å²) in [6.45, 7) is 1.13. The molecule has 0 atom stereocenters. The van der Waals surface area contributed by atoms with Crippen LogP contribution in [0.1, 0.15) is 54.4 Å². The average molecular weight is 571 g/mol. The van der Waals surface area contributed by atoms with E-state index < -0.39 is 25.7 Å². The molecule has 2 aliphatic heterocycles. The van der Waals surface area contributed by atoms with Crippen LogP contribution in [0.25, 0.3) is 0 Å². The number of hydrogen-bond acceptors (Lipinski definition) is 8. The molecule has 1 fully saturated rings. The Balaban J connectivity index is 1.95. The molecule has 1 aromatic carbocycles. The van der Waals surface area contributed by atoms with E-state index in [0.717, 1.165) is 31.7 Å². The molecule has 3 N–H and O–H groups in total. The minimum atomic E-state index is -4.61. The smallest absolute Gasteiger partial charge is 0.362 e. The number of allylic oxidation sites excluding steroid dienone is 3. The van der Waals surface area contributed by atoms with Crippen molar-refractivity contribution < 1.29 is 43.4 Å². The van der Waals surface area contributed by atoms with Crippen LogP contribution in [0.15, 0.2) is 35.5 Å². The van der Waals surface area contributed by atoms with Gasteiger partial charge in [-0.2, -0.15) is 0 Å². The molecule has 0 spiro atoms. The minimum Gasteiger partial charge on any atom is -0.506 e. The Bertz CT molecular complexity index is 1140. The third-order valence-electron chi connectivity index (χ3n) is 5.83. The van der Waals surface area contributed by atoms with E-state index >= 15 is 0 Å². The van der Waals surface area contributed by atoms with E-state index in [1.807, 2.05) is 18.2 Å². The molecule has 13 heteroatoms. The van der Waals surface area contributed by atoms with Crippen molar-refractivity contribution in [2.45, 2.75) is 44.9 Å². The highest BCUT2D eigenvalue weighted by molar-refractivity contribution is 7.51. The van der Waals surface area contributed by atoms with Crippen molar-refractivity contribution in [2.75, 3.05) is 32.7 Å². The predicted molar refractivity (Wildman–Crippen MR) is 141 cm³/mol. The predicted octanol–water partition coefficient (Wildman–Crippen LogP) is 3.94. The number of halogens is 1. The maximum absolute atomic E-state index is 13.1. The van der Waals surface area contributed by atoms with Gasteiger partial charge in [-0.3, -0.25) is 9.36 Å². The van der Waals surface area contributed by atoms with Gasteiger partial charge in [-0.25, -0.2) is 4.79 Å². The Kier molecular flexibility index (Phi) is 11.2. The van der Waals surface area contributed by atoms with Crippen molar-refractivity contribution in [3.05, 3.63) is 46.5 Å². The molecule has 0 radical (unpaired) electrons. The lowest BCUT2D eigenvalue weighted by molar-refractivity contribution is -0.137. The number of piperidine rings is 1. The van der Waals surface area contributed by atoms with Gasteiger partial charge in [-0.1, -0.05) is 35.0 Å². The van der Waals surface area contributed by atoms with Crippen LogP contribution in [0.4, 0.5) is 0 Å². The van der Waals surface area contributed by atoms with E-state index in [4.69, 9.17) is 25.9 Å². The molecule has 11 nitrogen and oxygen atoms in total. The zero-order chi connectivity index (χ0) is 27.5. The van der Waals surface area contributed by atoms with Crippen LogP contribution < -0.4 is 4.74 Å². The fourth-order valence-corrected chi connectivity index (χ4v) is 4.50. The van der Waals surface area contributed by atoms with Crippen molar-refractivity contribution in [3.8, 4) is 11.5 Å². The first-order valence-electron chi connectivity index (χ1n) is 12.3. The Hall–Kier alpha value is -2.85. The third-order valence-corrected chi connectivity index (χ3v) is 6.72. The first-order valence-corrected chi connectivity index (χ1v) is 14.5. The van der Waals surface area contributed by atoms with Crippen LogP contribution in [0.2, 0.25) is 5.02 Å². The number of esters is 1. The molecule has 2 heterocycles. The summed E-state index contributed by atoms with van der Waals surface area (Å²) in [4.78, 5) is 51.1. The second-order valence-corrected chi connectivity index (χ2v) is 10.8. The Morgan fingerprint density at radius 3 is 2.58 bits per heavy atom. The van der Waals surface area contributed by atoms with Gasteiger partial charge < -0.3 is 34.1 Å². The molecular weight excluding hydrogens is 539 g/mol. The summed E-state index contributed by atoms with van der Waals surface area (Å²) in [6, 6.07) is 1.00. The summed E-state index contributed by atoms with van der Waals surface area (Å²) in [5.74, 6) is -1.80. The molecule has 0 aliphatic carbocycles. The first-order chi connectivity index (χ1) is 18.2. The van der Waals surface area contributed by atoms with Crippen molar-refractivity contribution in [1.29, 1.82) is 0 Å². The van der Waals surface area contributed by atoms with Gasteiger partial charge in [-0.05, 0) is 50.2 Å². The molecular formula is C25H32ClN2O9P. The number of aromatic hydroxyl groups is 1. The Morgan fingerprint density at radius 1 is 1.13 bits per heavy atom. The number of cyclic esters (lactones) is 1. The number of amides is 1. The monoisotopic (exact) mass is 570 g/mol. The molecule has 0 aromatic heterocycles. The first kappa shape index (κ1) is 29.7. The molecule has 0 unspecified atom stereocenters. The molecule has 0 bridgehead atoms. The quantitative estimate of drug-likeness (QED) is 0.199. The zero-order valence-electron chi connectivity index (χ0n) is 20.9. The van der Waals surface area contributed by atoms with Crippen molar-refractivity contribution in [3.63, 3.8) is 0 Å². The van der Waals surface area contributed by atoms with E-state index in [0.29, 0.717) is 31.6 Å². The van der Waals surface area contributed by atoms with Crippen LogP contribution in [-0.2, 0) is 25.4 Å². The highest BCUT2D eigenvalue weighted by Crippen LogP contribution is 2.41. The number of nitrogens with zero attached hydrogens (tertiary/aromatic N) is 2. The summed E-state index contributed by atoms with van der Waals surface area (Å²) < 4.78 is 22.0. The number of ether oxygens (including phenoxy) is 2. The van der Waals surface area contributed by atoms with Crippen molar-refractivity contribution in [2.24, 2.45) is 5.16 Å². The van der Waals surface area contributed by atoms with Crippen LogP contribution in [0.5, 0.6) is 11.5 Å². The number of benzene rings is 1. The number of rotatable bonds is 6. The van der Waals surface area contributed by atoms with Crippen molar-refractivity contribution in [1.82, 2.24) is 4.90 Å². The molecule has 38 heavy (non-hydrogen) atoms. The van der Waals surface area contributed by atoms with E-state index in [9.17, 15) is 29.0 Å². The average Bonchev–Trinajstić information content (AvgIpc) is 2.88. The molecule has 208 valence electrons. The van der Waals surface area contributed by atoms with Gasteiger partial charge in [0.15, 0.2) is 13.0 Å². The number of carbonyl (C=O) groups is 2. The van der Waals surface area contributed by atoms with Crippen LogP contribution in [0, 0.1) is 0 Å². The van der Waals surface area contributed by atoms with E-state index in [1.54, 1.807) is 11.0 Å².